The first-order valence-electron chi connectivity index (χ1n) is 7.58. The van der Waals surface area contributed by atoms with E-state index < -0.39 is 22.0 Å². The predicted molar refractivity (Wildman–Crippen MR) is 96.3 cm³/mol. The Kier molecular flexibility index (Phi) is 5.76. The summed E-state index contributed by atoms with van der Waals surface area (Å²) < 4.78 is 27.1. The summed E-state index contributed by atoms with van der Waals surface area (Å²) >= 11 is 1.04. The van der Waals surface area contributed by atoms with Gasteiger partial charge in [0.1, 0.15) is 10.3 Å². The van der Waals surface area contributed by atoms with Gasteiger partial charge in [-0.25, -0.2) is 8.42 Å². The number of hydrogen-bond donors (Lipinski definition) is 2. The molecule has 0 saturated heterocycles. The smallest absolute Gasteiger partial charge is 0.322 e. The molecule has 134 valence electrons. The van der Waals surface area contributed by atoms with Crippen molar-refractivity contribution in [3.63, 3.8) is 0 Å². The lowest BCUT2D eigenvalue weighted by Crippen LogP contribution is -2.43. The number of hydrogen-bond acceptors (Lipinski definition) is 5. The molecule has 0 fully saturated rings. The molecule has 0 radical (unpaired) electrons. The van der Waals surface area contributed by atoms with E-state index >= 15 is 0 Å². The van der Waals surface area contributed by atoms with Gasteiger partial charge in [0.2, 0.25) is 0 Å². The fourth-order valence-electron chi connectivity index (χ4n) is 2.19. The molecule has 0 aliphatic carbocycles. The van der Waals surface area contributed by atoms with E-state index in [-0.39, 0.29) is 15.9 Å². The molecule has 2 rings (SSSR count). The number of ketones is 1. The number of nitrogens with one attached hydrogen (secondary N) is 1. The molecule has 1 heterocycles. The van der Waals surface area contributed by atoms with Crippen molar-refractivity contribution in [1.29, 1.82) is 0 Å². The third kappa shape index (κ3) is 4.53. The summed E-state index contributed by atoms with van der Waals surface area (Å²) in [6.45, 7) is 4.75. The van der Waals surface area contributed by atoms with E-state index in [4.69, 9.17) is 5.11 Å². The Bertz CT molecular complexity index is 882. The second-order valence-electron chi connectivity index (χ2n) is 5.93. The standard InChI is InChI=1S/C17H19NO5S2/c1-10(2)16(17(20)21)18-25(22,23)15-9-8-14(24-15)13-6-4-12(5-7-13)11(3)19/h4-10,16,18H,1-3H3,(H,20,21). The Balaban J connectivity index is 2.27. The number of sulfonamides is 1. The quantitative estimate of drug-likeness (QED) is 0.718. The average Bonchev–Trinajstić information content (AvgIpc) is 3.03. The van der Waals surface area contributed by atoms with Crippen LogP contribution in [0.5, 0.6) is 0 Å². The highest BCUT2D eigenvalue weighted by Crippen LogP contribution is 2.31. The summed E-state index contributed by atoms with van der Waals surface area (Å²) in [7, 11) is -3.92. The number of carboxylic acid groups (broad SMARTS) is 1. The van der Waals surface area contributed by atoms with E-state index in [0.717, 1.165) is 16.9 Å². The first-order valence-corrected chi connectivity index (χ1v) is 9.88. The summed E-state index contributed by atoms with van der Waals surface area (Å²) in [4.78, 5) is 23.2. The van der Waals surface area contributed by atoms with Gasteiger partial charge in [-0.2, -0.15) is 4.72 Å². The van der Waals surface area contributed by atoms with Gasteiger partial charge in [0.25, 0.3) is 10.0 Å². The van der Waals surface area contributed by atoms with Crippen LogP contribution in [0, 0.1) is 5.92 Å². The molecule has 1 aromatic heterocycles. The van der Waals surface area contributed by atoms with Crippen molar-refractivity contribution in [3.8, 4) is 10.4 Å². The number of rotatable bonds is 7. The lowest BCUT2D eigenvalue weighted by molar-refractivity contribution is -0.140. The highest BCUT2D eigenvalue weighted by atomic mass is 32.2. The summed E-state index contributed by atoms with van der Waals surface area (Å²) in [5.41, 5.74) is 1.37. The molecule has 0 aliphatic heterocycles. The van der Waals surface area contributed by atoms with Crippen LogP contribution in [0.2, 0.25) is 0 Å². The lowest BCUT2D eigenvalue weighted by atomic mass is 10.1. The molecule has 0 bridgehead atoms. The fourth-order valence-corrected chi connectivity index (χ4v) is 4.85. The zero-order valence-electron chi connectivity index (χ0n) is 14.0. The van der Waals surface area contributed by atoms with Crippen LogP contribution in [0.3, 0.4) is 0 Å². The van der Waals surface area contributed by atoms with Gasteiger partial charge < -0.3 is 5.11 Å². The topological polar surface area (TPSA) is 101 Å². The minimum atomic E-state index is -3.92. The van der Waals surface area contributed by atoms with Gasteiger partial charge in [-0.3, -0.25) is 9.59 Å². The number of thiophene rings is 1. The number of aliphatic carboxylic acids is 1. The normalized spacial score (nSPS) is 13.0. The van der Waals surface area contributed by atoms with Gasteiger partial charge in [0, 0.05) is 10.4 Å². The van der Waals surface area contributed by atoms with Crippen LogP contribution < -0.4 is 4.72 Å². The van der Waals surface area contributed by atoms with Crippen molar-refractivity contribution in [2.75, 3.05) is 0 Å². The van der Waals surface area contributed by atoms with Gasteiger partial charge >= 0.3 is 5.97 Å². The van der Waals surface area contributed by atoms with Crippen LogP contribution in [0.15, 0.2) is 40.6 Å². The molecule has 1 unspecified atom stereocenters. The number of benzene rings is 1. The Morgan fingerprint density at radius 1 is 1.08 bits per heavy atom. The Labute approximate surface area is 150 Å². The van der Waals surface area contributed by atoms with E-state index in [1.807, 2.05) is 0 Å². The summed E-state index contributed by atoms with van der Waals surface area (Å²) in [6.07, 6.45) is 0. The van der Waals surface area contributed by atoms with Crippen molar-refractivity contribution in [3.05, 3.63) is 42.0 Å². The monoisotopic (exact) mass is 381 g/mol. The number of carboxylic acids is 1. The molecule has 0 spiro atoms. The molecule has 2 N–H and O–H groups in total. The van der Waals surface area contributed by atoms with Gasteiger partial charge in [-0.05, 0) is 30.5 Å². The molecule has 0 saturated carbocycles. The third-order valence-corrected chi connectivity index (χ3v) is 6.70. The minimum Gasteiger partial charge on any atom is -0.480 e. The van der Waals surface area contributed by atoms with Gasteiger partial charge in [-0.15, -0.1) is 11.3 Å². The second-order valence-corrected chi connectivity index (χ2v) is 8.96. The van der Waals surface area contributed by atoms with Crippen LogP contribution in [-0.4, -0.2) is 31.3 Å². The third-order valence-electron chi connectivity index (χ3n) is 3.64. The Morgan fingerprint density at radius 3 is 2.16 bits per heavy atom. The van der Waals surface area contributed by atoms with Crippen molar-refractivity contribution >= 4 is 33.1 Å². The molecule has 1 atom stereocenters. The largest absolute Gasteiger partial charge is 0.480 e. The Hall–Kier alpha value is -2.03. The molecule has 2 aromatic rings. The summed E-state index contributed by atoms with van der Waals surface area (Å²) in [5.74, 6) is -1.64. The number of Topliss-reactive ketones (excluding diaryl/α,β-unsaturated/α-hetero) is 1. The molecule has 0 aliphatic rings. The molecule has 1 aromatic carbocycles. The van der Waals surface area contributed by atoms with E-state index in [0.29, 0.717) is 10.4 Å². The van der Waals surface area contributed by atoms with Crippen molar-refractivity contribution in [1.82, 2.24) is 4.72 Å². The van der Waals surface area contributed by atoms with E-state index in [1.165, 1.54) is 13.0 Å². The minimum absolute atomic E-state index is 0.0430. The summed E-state index contributed by atoms with van der Waals surface area (Å²) in [6, 6.07) is 8.78. The summed E-state index contributed by atoms with van der Waals surface area (Å²) in [5, 5.41) is 9.16. The first kappa shape index (κ1) is 19.3. The SMILES string of the molecule is CC(=O)c1ccc(-c2ccc(S(=O)(=O)NC(C(=O)O)C(C)C)s2)cc1. The lowest BCUT2D eigenvalue weighted by Gasteiger charge is -2.17. The van der Waals surface area contributed by atoms with Crippen molar-refractivity contribution in [2.24, 2.45) is 5.92 Å². The predicted octanol–water partition coefficient (Wildman–Crippen LogP) is 3.01. The van der Waals surface area contributed by atoms with Gasteiger partial charge in [0.05, 0.1) is 0 Å². The molecule has 8 heteroatoms. The highest BCUT2D eigenvalue weighted by Gasteiger charge is 2.29. The van der Waals surface area contributed by atoms with Crippen LogP contribution >= 0.6 is 11.3 Å². The number of carbonyl (C=O) groups is 2. The van der Waals surface area contributed by atoms with Crippen molar-refractivity contribution in [2.45, 2.75) is 31.0 Å². The van der Waals surface area contributed by atoms with Gasteiger partial charge in [0.15, 0.2) is 5.78 Å². The maximum absolute atomic E-state index is 12.4. The highest BCUT2D eigenvalue weighted by molar-refractivity contribution is 7.91. The molecular weight excluding hydrogens is 362 g/mol. The van der Waals surface area contributed by atoms with Crippen molar-refractivity contribution < 1.29 is 23.1 Å². The first-order chi connectivity index (χ1) is 11.6. The van der Waals surface area contributed by atoms with Crippen LogP contribution in [-0.2, 0) is 14.8 Å². The average molecular weight is 381 g/mol. The molecular formula is C17H19NO5S2. The van der Waals surface area contributed by atoms with Crippen LogP contribution in [0.25, 0.3) is 10.4 Å². The number of carbonyl (C=O) groups excluding carboxylic acids is 1. The fraction of sp³-hybridized carbons (Fsp3) is 0.294. The maximum atomic E-state index is 12.4. The van der Waals surface area contributed by atoms with Crippen LogP contribution in [0.4, 0.5) is 0 Å². The second kappa shape index (κ2) is 7.47. The van der Waals surface area contributed by atoms with E-state index in [9.17, 15) is 18.0 Å². The zero-order chi connectivity index (χ0) is 18.8. The molecule has 0 amide bonds. The zero-order valence-corrected chi connectivity index (χ0v) is 15.6. The molecule has 6 nitrogen and oxygen atoms in total. The molecule has 25 heavy (non-hydrogen) atoms. The maximum Gasteiger partial charge on any atom is 0.322 e. The van der Waals surface area contributed by atoms with Crippen LogP contribution in [0.1, 0.15) is 31.1 Å². The van der Waals surface area contributed by atoms with Gasteiger partial charge in [-0.1, -0.05) is 38.1 Å². The van der Waals surface area contributed by atoms with E-state index in [1.54, 1.807) is 44.2 Å². The van der Waals surface area contributed by atoms with E-state index in [2.05, 4.69) is 4.72 Å². The Morgan fingerprint density at radius 2 is 1.68 bits per heavy atom.